The number of Topliss-reactive ketones (excluding diaryl/α,β-unsaturated/α-hetero) is 1. The van der Waals surface area contributed by atoms with Crippen molar-refractivity contribution in [1.82, 2.24) is 0 Å². The molecule has 1 heteroatoms. The fourth-order valence-electron chi connectivity index (χ4n) is 3.76. The first-order valence-corrected chi connectivity index (χ1v) is 6.10. The molecule has 1 spiro atoms. The van der Waals surface area contributed by atoms with E-state index in [9.17, 15) is 4.79 Å². The monoisotopic (exact) mass is 206 g/mol. The van der Waals surface area contributed by atoms with E-state index in [0.29, 0.717) is 17.1 Å². The molecule has 0 bridgehead atoms. The van der Waals surface area contributed by atoms with Crippen LogP contribution in [-0.4, -0.2) is 5.78 Å². The lowest BCUT2D eigenvalue weighted by Gasteiger charge is -2.45. The van der Waals surface area contributed by atoms with E-state index in [2.05, 4.69) is 27.4 Å². The first-order chi connectivity index (χ1) is 6.87. The molecule has 1 unspecified atom stereocenters. The molecule has 2 rings (SSSR count). The molecule has 84 valence electrons. The van der Waals surface area contributed by atoms with E-state index in [1.807, 2.05) is 0 Å². The van der Waals surface area contributed by atoms with E-state index in [4.69, 9.17) is 0 Å². The maximum Gasteiger partial charge on any atom is 0.159 e. The van der Waals surface area contributed by atoms with Gasteiger partial charge in [0, 0.05) is 11.8 Å². The number of carbonyl (C=O) groups excluding carboxylic acids is 1. The van der Waals surface area contributed by atoms with Crippen LogP contribution in [0.4, 0.5) is 0 Å². The summed E-state index contributed by atoms with van der Waals surface area (Å²) >= 11 is 0. The summed E-state index contributed by atoms with van der Waals surface area (Å²) in [6.45, 7) is 11.0. The Hall–Kier alpha value is -0.590. The molecule has 2 atom stereocenters. The van der Waals surface area contributed by atoms with Crippen molar-refractivity contribution >= 4 is 5.78 Å². The Morgan fingerprint density at radius 1 is 1.33 bits per heavy atom. The third-order valence-electron chi connectivity index (χ3n) is 4.64. The Kier molecular flexibility index (Phi) is 2.33. The van der Waals surface area contributed by atoms with Crippen LogP contribution in [0.2, 0.25) is 0 Å². The van der Waals surface area contributed by atoms with E-state index >= 15 is 0 Å². The molecule has 0 aliphatic heterocycles. The zero-order valence-electron chi connectivity index (χ0n) is 10.2. The molecular weight excluding hydrogens is 184 g/mol. The predicted molar refractivity (Wildman–Crippen MR) is 62.6 cm³/mol. The highest BCUT2D eigenvalue weighted by Gasteiger charge is 2.51. The minimum absolute atomic E-state index is 0.152. The Labute approximate surface area is 92.9 Å². The molecule has 0 aromatic heterocycles. The Bertz CT molecular complexity index is 313. The summed E-state index contributed by atoms with van der Waals surface area (Å²) in [5.41, 5.74) is 1.47. The van der Waals surface area contributed by atoms with Gasteiger partial charge in [0.2, 0.25) is 0 Å². The fourth-order valence-corrected chi connectivity index (χ4v) is 3.76. The van der Waals surface area contributed by atoms with Crippen molar-refractivity contribution in [3.8, 4) is 0 Å². The summed E-state index contributed by atoms with van der Waals surface area (Å²) in [7, 11) is 0. The van der Waals surface area contributed by atoms with Crippen LogP contribution in [0.15, 0.2) is 12.2 Å². The SMILES string of the molecule is C=C1C(=O)CC(C)[C@@]12CCCC(C)(C)C2. The predicted octanol–water partition coefficient (Wildman–Crippen LogP) is 3.74. The van der Waals surface area contributed by atoms with Crippen LogP contribution < -0.4 is 0 Å². The van der Waals surface area contributed by atoms with E-state index in [1.54, 1.807) is 0 Å². The molecule has 0 amide bonds. The van der Waals surface area contributed by atoms with Gasteiger partial charge >= 0.3 is 0 Å². The number of rotatable bonds is 0. The summed E-state index contributed by atoms with van der Waals surface area (Å²) in [4.78, 5) is 11.8. The van der Waals surface area contributed by atoms with Gasteiger partial charge in [-0.2, -0.15) is 0 Å². The van der Waals surface area contributed by atoms with Crippen molar-refractivity contribution in [3.63, 3.8) is 0 Å². The van der Waals surface area contributed by atoms with Crippen LogP contribution in [0.5, 0.6) is 0 Å². The number of hydrogen-bond donors (Lipinski definition) is 0. The summed E-state index contributed by atoms with van der Waals surface area (Å²) in [6, 6.07) is 0. The van der Waals surface area contributed by atoms with Gasteiger partial charge in [-0.15, -0.1) is 0 Å². The first kappa shape index (κ1) is 10.9. The van der Waals surface area contributed by atoms with Crippen LogP contribution in [0.1, 0.15) is 52.9 Å². The lowest BCUT2D eigenvalue weighted by molar-refractivity contribution is -0.114. The zero-order valence-corrected chi connectivity index (χ0v) is 10.2. The van der Waals surface area contributed by atoms with Gasteiger partial charge in [-0.05, 0) is 36.2 Å². The van der Waals surface area contributed by atoms with Gasteiger partial charge in [0.15, 0.2) is 5.78 Å². The van der Waals surface area contributed by atoms with E-state index in [1.165, 1.54) is 19.3 Å². The van der Waals surface area contributed by atoms with Gasteiger partial charge in [0.1, 0.15) is 0 Å². The fraction of sp³-hybridized carbons (Fsp3) is 0.786. The average Bonchev–Trinajstić information content (AvgIpc) is 2.30. The van der Waals surface area contributed by atoms with Crippen molar-refractivity contribution in [2.45, 2.75) is 52.9 Å². The second kappa shape index (κ2) is 3.20. The van der Waals surface area contributed by atoms with Gasteiger partial charge in [0.05, 0.1) is 0 Å². The van der Waals surface area contributed by atoms with Gasteiger partial charge in [-0.1, -0.05) is 33.8 Å². The lowest BCUT2D eigenvalue weighted by Crippen LogP contribution is -2.36. The zero-order chi connectivity index (χ0) is 11.3. The molecule has 2 aliphatic rings. The van der Waals surface area contributed by atoms with Crippen molar-refractivity contribution in [2.75, 3.05) is 0 Å². The highest BCUT2D eigenvalue weighted by atomic mass is 16.1. The van der Waals surface area contributed by atoms with Crippen molar-refractivity contribution in [2.24, 2.45) is 16.7 Å². The summed E-state index contributed by atoms with van der Waals surface area (Å²) < 4.78 is 0. The van der Waals surface area contributed by atoms with Crippen LogP contribution in [-0.2, 0) is 4.79 Å². The van der Waals surface area contributed by atoms with E-state index in [0.717, 1.165) is 18.4 Å². The van der Waals surface area contributed by atoms with Crippen LogP contribution in [0.3, 0.4) is 0 Å². The summed E-state index contributed by atoms with van der Waals surface area (Å²) in [5.74, 6) is 0.831. The Morgan fingerprint density at radius 2 is 2.00 bits per heavy atom. The highest BCUT2D eigenvalue weighted by Crippen LogP contribution is 2.58. The topological polar surface area (TPSA) is 17.1 Å². The third-order valence-corrected chi connectivity index (χ3v) is 4.64. The highest BCUT2D eigenvalue weighted by molar-refractivity contribution is 5.99. The second-order valence-corrected chi connectivity index (χ2v) is 6.36. The standard InChI is InChI=1S/C14H22O/c1-10-8-12(15)11(2)14(10)7-5-6-13(3,4)9-14/h10H,2,5-9H2,1,3-4H3/t10?,14-/m0/s1. The number of allylic oxidation sites excluding steroid dienone is 1. The molecule has 0 aromatic carbocycles. The molecule has 2 aliphatic carbocycles. The minimum Gasteiger partial charge on any atom is -0.295 e. The van der Waals surface area contributed by atoms with Gasteiger partial charge in [-0.3, -0.25) is 4.79 Å². The molecule has 0 N–H and O–H groups in total. The smallest absolute Gasteiger partial charge is 0.159 e. The maximum absolute atomic E-state index is 11.8. The largest absolute Gasteiger partial charge is 0.295 e. The molecule has 0 aromatic rings. The average molecular weight is 206 g/mol. The first-order valence-electron chi connectivity index (χ1n) is 6.10. The second-order valence-electron chi connectivity index (χ2n) is 6.36. The van der Waals surface area contributed by atoms with Crippen LogP contribution in [0.25, 0.3) is 0 Å². The molecule has 2 saturated carbocycles. The van der Waals surface area contributed by atoms with Crippen LogP contribution in [0, 0.1) is 16.7 Å². The summed E-state index contributed by atoms with van der Waals surface area (Å²) in [5, 5.41) is 0. The van der Waals surface area contributed by atoms with Crippen LogP contribution >= 0.6 is 0 Å². The maximum atomic E-state index is 11.8. The van der Waals surface area contributed by atoms with Gasteiger partial charge in [0.25, 0.3) is 0 Å². The molecule has 0 saturated heterocycles. The minimum atomic E-state index is 0.152. The van der Waals surface area contributed by atoms with Gasteiger partial charge < -0.3 is 0 Å². The number of carbonyl (C=O) groups is 1. The molecule has 15 heavy (non-hydrogen) atoms. The number of hydrogen-bond acceptors (Lipinski definition) is 1. The normalized spacial score (nSPS) is 40.1. The quantitative estimate of drug-likeness (QED) is 0.552. The lowest BCUT2D eigenvalue weighted by atomic mass is 9.58. The molecule has 0 radical (unpaired) electrons. The third kappa shape index (κ3) is 1.56. The molecule has 0 heterocycles. The molecule has 1 nitrogen and oxygen atoms in total. The molecular formula is C14H22O. The van der Waals surface area contributed by atoms with E-state index in [-0.39, 0.29) is 5.41 Å². The van der Waals surface area contributed by atoms with Crippen molar-refractivity contribution in [1.29, 1.82) is 0 Å². The Morgan fingerprint density at radius 3 is 2.47 bits per heavy atom. The summed E-state index contributed by atoms with van der Waals surface area (Å²) in [6.07, 6.45) is 5.62. The number of ketones is 1. The van der Waals surface area contributed by atoms with Crippen molar-refractivity contribution < 1.29 is 4.79 Å². The Balaban J connectivity index is 2.33. The van der Waals surface area contributed by atoms with Gasteiger partial charge in [-0.25, -0.2) is 0 Å². The van der Waals surface area contributed by atoms with Crippen molar-refractivity contribution in [3.05, 3.63) is 12.2 Å². The van der Waals surface area contributed by atoms with E-state index < -0.39 is 0 Å². The molecule has 2 fully saturated rings.